The number of nitrogens with one attached hydrogen (secondary N) is 1. The van der Waals surface area contributed by atoms with Gasteiger partial charge in [-0.2, -0.15) is 5.10 Å². The first-order valence-corrected chi connectivity index (χ1v) is 7.83. The summed E-state index contributed by atoms with van der Waals surface area (Å²) in [5, 5.41) is 16.9. The lowest BCUT2D eigenvalue weighted by atomic mass is 10.1. The average Bonchev–Trinajstić information content (AvgIpc) is 2.83. The van der Waals surface area contributed by atoms with Crippen molar-refractivity contribution in [3.05, 3.63) is 41.5 Å². The summed E-state index contributed by atoms with van der Waals surface area (Å²) in [5.74, 6) is 1.72. The number of aromatic nitrogens is 3. The topological polar surface area (TPSA) is 80.0 Å². The highest BCUT2D eigenvalue weighted by atomic mass is 16.3. The fraction of sp³-hybridized carbons (Fsp3) is 0.471. The van der Waals surface area contributed by atoms with Gasteiger partial charge in [-0.15, -0.1) is 0 Å². The molecule has 1 amide bonds. The van der Waals surface area contributed by atoms with Crippen LogP contribution in [0, 0.1) is 19.8 Å². The number of carbonyl (C=O) groups is 1. The summed E-state index contributed by atoms with van der Waals surface area (Å²) in [7, 11) is 0. The van der Waals surface area contributed by atoms with Crippen LogP contribution in [-0.4, -0.2) is 38.4 Å². The maximum absolute atomic E-state index is 12.1. The van der Waals surface area contributed by atoms with E-state index in [4.69, 9.17) is 0 Å². The molecule has 6 nitrogen and oxygen atoms in total. The van der Waals surface area contributed by atoms with E-state index >= 15 is 0 Å². The fourth-order valence-corrected chi connectivity index (χ4v) is 2.46. The molecule has 2 aromatic rings. The number of hydrogen-bond donors (Lipinski definition) is 2. The molecule has 0 aliphatic rings. The molecule has 0 saturated carbocycles. The third-order valence-electron chi connectivity index (χ3n) is 3.49. The zero-order valence-corrected chi connectivity index (χ0v) is 14.1. The Bertz CT molecular complexity index is 662. The summed E-state index contributed by atoms with van der Waals surface area (Å²) < 4.78 is 1.74. The van der Waals surface area contributed by atoms with Crippen LogP contribution < -0.4 is 5.32 Å². The van der Waals surface area contributed by atoms with E-state index < -0.39 is 6.10 Å². The maximum atomic E-state index is 12.1. The minimum absolute atomic E-state index is 0.189. The quantitative estimate of drug-likeness (QED) is 0.854. The van der Waals surface area contributed by atoms with Crippen molar-refractivity contribution in [1.82, 2.24) is 20.1 Å². The highest BCUT2D eigenvalue weighted by Gasteiger charge is 2.11. The molecule has 1 aromatic carbocycles. The van der Waals surface area contributed by atoms with Crippen molar-refractivity contribution < 1.29 is 9.90 Å². The van der Waals surface area contributed by atoms with Crippen LogP contribution in [0.25, 0.3) is 5.69 Å². The minimum Gasteiger partial charge on any atom is -0.391 e. The monoisotopic (exact) mass is 316 g/mol. The zero-order valence-electron chi connectivity index (χ0n) is 14.1. The second-order valence-corrected chi connectivity index (χ2v) is 6.16. The molecule has 6 heteroatoms. The van der Waals surface area contributed by atoms with Crippen LogP contribution in [0.4, 0.5) is 0 Å². The molecule has 0 radical (unpaired) electrons. The number of carbonyl (C=O) groups excluding carboxylic acids is 1. The Morgan fingerprint density at radius 2 is 1.91 bits per heavy atom. The Morgan fingerprint density at radius 1 is 1.26 bits per heavy atom. The molecule has 1 unspecified atom stereocenters. The molecular weight excluding hydrogens is 292 g/mol. The molecule has 0 aliphatic heterocycles. The third-order valence-corrected chi connectivity index (χ3v) is 3.49. The molecule has 0 fully saturated rings. The van der Waals surface area contributed by atoms with Gasteiger partial charge in [-0.25, -0.2) is 9.67 Å². The zero-order chi connectivity index (χ0) is 17.0. The first-order valence-electron chi connectivity index (χ1n) is 7.83. The Morgan fingerprint density at radius 3 is 2.43 bits per heavy atom. The van der Waals surface area contributed by atoms with Crippen molar-refractivity contribution in [2.75, 3.05) is 6.54 Å². The van der Waals surface area contributed by atoms with Gasteiger partial charge >= 0.3 is 0 Å². The molecule has 124 valence electrons. The molecule has 1 heterocycles. The molecule has 0 bridgehead atoms. The number of benzene rings is 1. The highest BCUT2D eigenvalue weighted by Crippen LogP contribution is 2.11. The number of aryl methyl sites for hydroxylation is 2. The summed E-state index contributed by atoms with van der Waals surface area (Å²) in [4.78, 5) is 16.4. The van der Waals surface area contributed by atoms with Gasteiger partial charge in [-0.3, -0.25) is 4.79 Å². The van der Waals surface area contributed by atoms with Crippen molar-refractivity contribution in [2.45, 2.75) is 40.2 Å². The van der Waals surface area contributed by atoms with Gasteiger partial charge in [0.2, 0.25) is 0 Å². The van der Waals surface area contributed by atoms with Crippen molar-refractivity contribution >= 4 is 5.91 Å². The number of aliphatic hydroxyl groups is 1. The predicted octanol–water partition coefficient (Wildman–Crippen LogP) is 2.02. The second kappa shape index (κ2) is 7.37. The van der Waals surface area contributed by atoms with Crippen molar-refractivity contribution in [3.8, 4) is 5.69 Å². The van der Waals surface area contributed by atoms with Gasteiger partial charge in [-0.1, -0.05) is 13.8 Å². The standard InChI is InChI=1S/C17H24N4O2/c1-11(2)9-16(22)10-18-17(23)14-5-7-15(8-6-14)21-13(4)19-12(3)20-21/h5-8,11,16,22H,9-10H2,1-4H3,(H,18,23). The molecule has 0 saturated heterocycles. The van der Waals surface area contributed by atoms with E-state index in [0.29, 0.717) is 23.7 Å². The van der Waals surface area contributed by atoms with Crippen LogP contribution in [-0.2, 0) is 0 Å². The summed E-state index contributed by atoms with van der Waals surface area (Å²) in [6.45, 7) is 8.07. The Hall–Kier alpha value is -2.21. The van der Waals surface area contributed by atoms with Crippen molar-refractivity contribution in [3.63, 3.8) is 0 Å². The van der Waals surface area contributed by atoms with E-state index in [9.17, 15) is 9.90 Å². The summed E-state index contributed by atoms with van der Waals surface area (Å²) in [6, 6.07) is 7.16. The van der Waals surface area contributed by atoms with E-state index in [1.807, 2.05) is 39.8 Å². The molecule has 2 N–H and O–H groups in total. The van der Waals surface area contributed by atoms with E-state index in [1.165, 1.54) is 0 Å². The van der Waals surface area contributed by atoms with E-state index in [-0.39, 0.29) is 12.5 Å². The largest absolute Gasteiger partial charge is 0.391 e. The Labute approximate surface area is 136 Å². The smallest absolute Gasteiger partial charge is 0.251 e. The predicted molar refractivity (Wildman–Crippen MR) is 88.6 cm³/mol. The number of rotatable bonds is 6. The van der Waals surface area contributed by atoms with Crippen LogP contribution in [0.1, 0.15) is 42.3 Å². The average molecular weight is 316 g/mol. The minimum atomic E-state index is -0.515. The summed E-state index contributed by atoms with van der Waals surface area (Å²) >= 11 is 0. The van der Waals surface area contributed by atoms with Crippen molar-refractivity contribution in [2.24, 2.45) is 5.92 Å². The van der Waals surface area contributed by atoms with E-state index in [0.717, 1.165) is 11.5 Å². The highest BCUT2D eigenvalue weighted by molar-refractivity contribution is 5.94. The van der Waals surface area contributed by atoms with E-state index in [1.54, 1.807) is 16.8 Å². The van der Waals surface area contributed by atoms with Gasteiger partial charge in [0.05, 0.1) is 11.8 Å². The van der Waals surface area contributed by atoms with E-state index in [2.05, 4.69) is 15.4 Å². The maximum Gasteiger partial charge on any atom is 0.251 e. The molecular formula is C17H24N4O2. The first-order chi connectivity index (χ1) is 10.9. The van der Waals surface area contributed by atoms with Crippen molar-refractivity contribution in [1.29, 1.82) is 0 Å². The normalized spacial score (nSPS) is 12.4. The van der Waals surface area contributed by atoms with Crippen LogP contribution >= 0.6 is 0 Å². The Balaban J connectivity index is 1.99. The fourth-order valence-electron chi connectivity index (χ4n) is 2.46. The van der Waals surface area contributed by atoms with Gasteiger partial charge in [0.25, 0.3) is 5.91 Å². The lowest BCUT2D eigenvalue weighted by Crippen LogP contribution is -2.32. The summed E-state index contributed by atoms with van der Waals surface area (Å²) in [6.07, 6.45) is 0.156. The second-order valence-electron chi connectivity index (χ2n) is 6.16. The van der Waals surface area contributed by atoms with Crippen LogP contribution in [0.3, 0.4) is 0 Å². The third kappa shape index (κ3) is 4.63. The number of amides is 1. The number of hydrogen-bond acceptors (Lipinski definition) is 4. The summed E-state index contributed by atoms with van der Waals surface area (Å²) in [5.41, 5.74) is 1.42. The first kappa shape index (κ1) is 17.1. The molecule has 0 aliphatic carbocycles. The van der Waals surface area contributed by atoms with Gasteiger partial charge in [0.15, 0.2) is 0 Å². The lowest BCUT2D eigenvalue weighted by molar-refractivity contribution is 0.0900. The lowest BCUT2D eigenvalue weighted by Gasteiger charge is -2.14. The molecule has 23 heavy (non-hydrogen) atoms. The number of nitrogens with zero attached hydrogens (tertiary/aromatic N) is 3. The van der Waals surface area contributed by atoms with Gasteiger partial charge in [0.1, 0.15) is 11.6 Å². The number of aliphatic hydroxyl groups excluding tert-OH is 1. The van der Waals surface area contributed by atoms with Crippen LogP contribution in [0.2, 0.25) is 0 Å². The Kier molecular flexibility index (Phi) is 5.50. The molecule has 2 rings (SSSR count). The van der Waals surface area contributed by atoms with Crippen LogP contribution in [0.15, 0.2) is 24.3 Å². The molecule has 1 aromatic heterocycles. The van der Waals surface area contributed by atoms with Crippen LogP contribution in [0.5, 0.6) is 0 Å². The van der Waals surface area contributed by atoms with Gasteiger partial charge in [-0.05, 0) is 50.5 Å². The molecule has 1 atom stereocenters. The molecule has 0 spiro atoms. The van der Waals surface area contributed by atoms with Gasteiger partial charge < -0.3 is 10.4 Å². The SMILES string of the molecule is Cc1nc(C)n(-c2ccc(C(=O)NCC(O)CC(C)C)cc2)n1. The van der Waals surface area contributed by atoms with Gasteiger partial charge in [0, 0.05) is 12.1 Å².